The maximum Gasteiger partial charge on any atom is 0.426 e. The molecule has 0 aliphatic heterocycles. The first-order valence-corrected chi connectivity index (χ1v) is 5.27. The molecule has 0 unspecified atom stereocenters. The van der Waals surface area contributed by atoms with Crippen LogP contribution in [0.15, 0.2) is 54.6 Å². The monoisotopic (exact) mass is 234 g/mol. The van der Waals surface area contributed by atoms with Crippen molar-refractivity contribution in [3.63, 3.8) is 0 Å². The highest BCUT2D eigenvalue weighted by atomic mass is 19.3. The minimum Gasteiger partial charge on any atom is -0.429 e. The Bertz CT molecular complexity index is 477. The van der Waals surface area contributed by atoms with Crippen molar-refractivity contribution >= 4 is 0 Å². The van der Waals surface area contributed by atoms with E-state index >= 15 is 0 Å². The minimum atomic E-state index is -3.31. The molecule has 0 saturated heterocycles. The molecule has 3 heteroatoms. The van der Waals surface area contributed by atoms with Crippen LogP contribution in [0, 0.1) is 6.92 Å². The average molecular weight is 234 g/mol. The number of benzene rings is 2. The SMILES string of the molecule is Cc1ccc(OC(F)(F)c2ccccc2)cc1. The lowest BCUT2D eigenvalue weighted by atomic mass is 10.2. The van der Waals surface area contributed by atoms with Gasteiger partial charge in [0.1, 0.15) is 5.75 Å². The van der Waals surface area contributed by atoms with Gasteiger partial charge in [0.15, 0.2) is 0 Å². The molecule has 0 spiro atoms. The van der Waals surface area contributed by atoms with E-state index in [9.17, 15) is 8.78 Å². The number of alkyl halides is 2. The van der Waals surface area contributed by atoms with Crippen LogP contribution in [0.3, 0.4) is 0 Å². The van der Waals surface area contributed by atoms with Gasteiger partial charge in [0, 0.05) is 0 Å². The Morgan fingerprint density at radius 3 is 2.06 bits per heavy atom. The summed E-state index contributed by atoms with van der Waals surface area (Å²) in [6.45, 7) is 1.89. The van der Waals surface area contributed by atoms with Crippen LogP contribution in [-0.4, -0.2) is 0 Å². The van der Waals surface area contributed by atoms with Gasteiger partial charge in [0.25, 0.3) is 0 Å². The largest absolute Gasteiger partial charge is 0.429 e. The molecule has 0 amide bonds. The van der Waals surface area contributed by atoms with Gasteiger partial charge < -0.3 is 4.74 Å². The third kappa shape index (κ3) is 2.81. The number of halogens is 2. The lowest BCUT2D eigenvalue weighted by Crippen LogP contribution is -2.21. The molecule has 0 fully saturated rings. The van der Waals surface area contributed by atoms with Crippen LogP contribution < -0.4 is 4.74 Å². The van der Waals surface area contributed by atoms with Crippen molar-refractivity contribution in [2.24, 2.45) is 0 Å². The summed E-state index contributed by atoms with van der Waals surface area (Å²) in [5.74, 6) is 0.157. The van der Waals surface area contributed by atoms with E-state index in [4.69, 9.17) is 4.74 Å². The summed E-state index contributed by atoms with van der Waals surface area (Å²) >= 11 is 0. The van der Waals surface area contributed by atoms with E-state index in [1.54, 1.807) is 30.3 Å². The van der Waals surface area contributed by atoms with Crippen molar-refractivity contribution in [1.29, 1.82) is 0 Å². The summed E-state index contributed by atoms with van der Waals surface area (Å²) in [7, 11) is 0. The number of hydrogen-bond donors (Lipinski definition) is 0. The highest BCUT2D eigenvalue weighted by Crippen LogP contribution is 2.31. The number of aryl methyl sites for hydroxylation is 1. The van der Waals surface area contributed by atoms with E-state index in [0.717, 1.165) is 5.56 Å². The zero-order chi connectivity index (χ0) is 12.3. The van der Waals surface area contributed by atoms with Gasteiger partial charge in [-0.1, -0.05) is 35.9 Å². The van der Waals surface area contributed by atoms with Crippen LogP contribution >= 0.6 is 0 Å². The molecular weight excluding hydrogens is 222 g/mol. The summed E-state index contributed by atoms with van der Waals surface area (Å²) in [6.07, 6.45) is -3.31. The molecule has 2 aromatic rings. The molecule has 0 heterocycles. The maximum atomic E-state index is 13.7. The molecule has 2 rings (SSSR count). The standard InChI is InChI=1S/C14H12F2O/c1-11-7-9-13(10-8-11)17-14(15,16)12-5-3-2-4-6-12/h2-10H,1H3. The minimum absolute atomic E-state index is 0.152. The van der Waals surface area contributed by atoms with E-state index in [1.165, 1.54) is 24.3 Å². The van der Waals surface area contributed by atoms with Crippen LogP contribution in [0.4, 0.5) is 8.78 Å². The Kier molecular flexibility index (Phi) is 3.09. The van der Waals surface area contributed by atoms with Gasteiger partial charge in [-0.2, -0.15) is 8.78 Å². The fourth-order valence-corrected chi connectivity index (χ4v) is 1.45. The molecule has 0 radical (unpaired) electrons. The van der Waals surface area contributed by atoms with Crippen LogP contribution in [0.25, 0.3) is 0 Å². The summed E-state index contributed by atoms with van der Waals surface area (Å²) in [5.41, 5.74) is 0.848. The Labute approximate surface area is 98.7 Å². The molecule has 2 aromatic carbocycles. The van der Waals surface area contributed by atoms with E-state index in [2.05, 4.69) is 0 Å². The maximum absolute atomic E-state index is 13.7. The summed E-state index contributed by atoms with van der Waals surface area (Å²) in [4.78, 5) is 0. The Hall–Kier alpha value is -1.90. The molecule has 0 N–H and O–H groups in total. The zero-order valence-electron chi connectivity index (χ0n) is 9.36. The highest BCUT2D eigenvalue weighted by molar-refractivity contribution is 5.28. The Morgan fingerprint density at radius 2 is 1.47 bits per heavy atom. The molecule has 88 valence electrons. The highest BCUT2D eigenvalue weighted by Gasteiger charge is 2.34. The molecule has 1 nitrogen and oxygen atoms in total. The van der Waals surface area contributed by atoms with Crippen LogP contribution in [0.5, 0.6) is 5.75 Å². The van der Waals surface area contributed by atoms with Crippen LogP contribution in [0.1, 0.15) is 11.1 Å². The first kappa shape index (κ1) is 11.6. The lowest BCUT2D eigenvalue weighted by Gasteiger charge is -2.18. The molecular formula is C14H12F2O. The average Bonchev–Trinajstić information content (AvgIpc) is 2.33. The second-order valence-electron chi connectivity index (χ2n) is 3.80. The van der Waals surface area contributed by atoms with Gasteiger partial charge in [-0.05, 0) is 31.2 Å². The molecule has 0 saturated carbocycles. The van der Waals surface area contributed by atoms with E-state index in [-0.39, 0.29) is 11.3 Å². The molecule has 0 atom stereocenters. The predicted octanol–water partition coefficient (Wildman–Crippen LogP) is 4.12. The lowest BCUT2D eigenvalue weighted by molar-refractivity contribution is -0.185. The summed E-state index contributed by atoms with van der Waals surface area (Å²) in [6, 6.07) is 14.0. The van der Waals surface area contributed by atoms with Gasteiger partial charge in [0.2, 0.25) is 0 Å². The Morgan fingerprint density at radius 1 is 0.882 bits per heavy atom. The second-order valence-corrected chi connectivity index (χ2v) is 3.80. The molecule has 0 aromatic heterocycles. The van der Waals surface area contributed by atoms with Gasteiger partial charge in [-0.3, -0.25) is 0 Å². The fourth-order valence-electron chi connectivity index (χ4n) is 1.45. The topological polar surface area (TPSA) is 9.23 Å². The van der Waals surface area contributed by atoms with E-state index < -0.39 is 6.11 Å². The predicted molar refractivity (Wildman–Crippen MR) is 62.1 cm³/mol. The van der Waals surface area contributed by atoms with E-state index in [0.29, 0.717) is 0 Å². The normalized spacial score (nSPS) is 11.2. The van der Waals surface area contributed by atoms with Crippen molar-refractivity contribution in [3.8, 4) is 5.75 Å². The zero-order valence-corrected chi connectivity index (χ0v) is 9.36. The third-order valence-corrected chi connectivity index (χ3v) is 2.38. The van der Waals surface area contributed by atoms with Crippen LogP contribution in [-0.2, 0) is 6.11 Å². The first-order valence-electron chi connectivity index (χ1n) is 5.27. The van der Waals surface area contributed by atoms with Crippen molar-refractivity contribution < 1.29 is 13.5 Å². The van der Waals surface area contributed by atoms with Gasteiger partial charge in [-0.15, -0.1) is 0 Å². The number of rotatable bonds is 3. The smallest absolute Gasteiger partial charge is 0.426 e. The van der Waals surface area contributed by atoms with Crippen molar-refractivity contribution in [1.82, 2.24) is 0 Å². The number of ether oxygens (including phenoxy) is 1. The van der Waals surface area contributed by atoms with Gasteiger partial charge >= 0.3 is 6.11 Å². The van der Waals surface area contributed by atoms with Gasteiger partial charge in [-0.25, -0.2) is 0 Å². The van der Waals surface area contributed by atoms with Crippen molar-refractivity contribution in [2.45, 2.75) is 13.0 Å². The fraction of sp³-hybridized carbons (Fsp3) is 0.143. The van der Waals surface area contributed by atoms with E-state index in [1.807, 2.05) is 6.92 Å². The molecule has 17 heavy (non-hydrogen) atoms. The van der Waals surface area contributed by atoms with Crippen molar-refractivity contribution in [3.05, 3.63) is 65.7 Å². The first-order chi connectivity index (χ1) is 8.08. The molecule has 0 aliphatic carbocycles. The molecule has 0 aliphatic rings. The van der Waals surface area contributed by atoms with Gasteiger partial charge in [0.05, 0.1) is 5.56 Å². The number of hydrogen-bond acceptors (Lipinski definition) is 1. The third-order valence-electron chi connectivity index (χ3n) is 2.38. The van der Waals surface area contributed by atoms with Crippen LogP contribution in [0.2, 0.25) is 0 Å². The summed E-state index contributed by atoms with van der Waals surface area (Å²) < 4.78 is 32.1. The molecule has 0 bridgehead atoms. The van der Waals surface area contributed by atoms with Crippen molar-refractivity contribution in [2.75, 3.05) is 0 Å². The summed E-state index contributed by atoms with van der Waals surface area (Å²) in [5, 5.41) is 0. The quantitative estimate of drug-likeness (QED) is 0.776. The second kappa shape index (κ2) is 4.53. The Balaban J connectivity index is 2.20.